The van der Waals surface area contributed by atoms with Gasteiger partial charge in [0.1, 0.15) is 0 Å². The first kappa shape index (κ1) is 17.3. The van der Waals surface area contributed by atoms with Gasteiger partial charge in [0, 0.05) is 46.2 Å². The summed E-state index contributed by atoms with van der Waals surface area (Å²) in [6, 6.07) is 0.336. The van der Waals surface area contributed by atoms with E-state index < -0.39 is 0 Å². The molecule has 1 heterocycles. The van der Waals surface area contributed by atoms with E-state index >= 15 is 0 Å². The number of amides is 2. The quantitative estimate of drug-likeness (QED) is 0.797. The molecule has 1 saturated heterocycles. The van der Waals surface area contributed by atoms with Gasteiger partial charge in [0.15, 0.2) is 0 Å². The number of rotatable bonds is 3. The molecule has 2 amide bonds. The van der Waals surface area contributed by atoms with Crippen molar-refractivity contribution in [1.29, 1.82) is 0 Å². The van der Waals surface area contributed by atoms with Gasteiger partial charge in [-0.05, 0) is 26.2 Å². The van der Waals surface area contributed by atoms with Crippen LogP contribution in [0, 0.1) is 0 Å². The van der Waals surface area contributed by atoms with Gasteiger partial charge in [-0.25, -0.2) is 0 Å². The Morgan fingerprint density at radius 2 is 1.68 bits per heavy atom. The van der Waals surface area contributed by atoms with Gasteiger partial charge < -0.3 is 9.80 Å². The fourth-order valence-corrected chi connectivity index (χ4v) is 3.74. The van der Waals surface area contributed by atoms with Crippen LogP contribution < -0.4 is 0 Å². The van der Waals surface area contributed by atoms with E-state index in [0.717, 1.165) is 45.4 Å². The first-order chi connectivity index (χ1) is 10.5. The molecule has 2 rings (SSSR count). The Labute approximate surface area is 134 Å². The third kappa shape index (κ3) is 4.22. The molecule has 0 bridgehead atoms. The number of carbonyl (C=O) groups is 2. The van der Waals surface area contributed by atoms with Gasteiger partial charge >= 0.3 is 0 Å². The molecule has 126 valence electrons. The van der Waals surface area contributed by atoms with Crippen LogP contribution in [-0.2, 0) is 9.59 Å². The van der Waals surface area contributed by atoms with Gasteiger partial charge in [-0.2, -0.15) is 0 Å². The zero-order valence-corrected chi connectivity index (χ0v) is 14.4. The Morgan fingerprint density at radius 3 is 2.32 bits per heavy atom. The van der Waals surface area contributed by atoms with Gasteiger partial charge in [-0.15, -0.1) is 0 Å². The Morgan fingerprint density at radius 1 is 1.00 bits per heavy atom. The van der Waals surface area contributed by atoms with E-state index in [-0.39, 0.29) is 17.9 Å². The predicted molar refractivity (Wildman–Crippen MR) is 87.5 cm³/mol. The van der Waals surface area contributed by atoms with E-state index in [9.17, 15) is 9.59 Å². The summed E-state index contributed by atoms with van der Waals surface area (Å²) in [5.74, 6) is 0.378. The van der Waals surface area contributed by atoms with Crippen molar-refractivity contribution in [1.82, 2.24) is 14.7 Å². The molecule has 5 nitrogen and oxygen atoms in total. The molecule has 5 heteroatoms. The molecule has 0 radical (unpaired) electrons. The molecule has 0 spiro atoms. The maximum Gasteiger partial charge on any atom is 0.239 e. The van der Waals surface area contributed by atoms with Gasteiger partial charge in [0.2, 0.25) is 11.8 Å². The SMILES string of the molecule is CC(=O)N1CCCN(C(C)C(=O)N(C)C2CCCCC2)CC1. The summed E-state index contributed by atoms with van der Waals surface area (Å²) >= 11 is 0. The lowest BCUT2D eigenvalue weighted by molar-refractivity contribution is -0.137. The topological polar surface area (TPSA) is 43.9 Å². The fourth-order valence-electron chi connectivity index (χ4n) is 3.74. The third-order valence-corrected chi connectivity index (χ3v) is 5.35. The minimum Gasteiger partial charge on any atom is -0.342 e. The minimum absolute atomic E-state index is 0.0844. The van der Waals surface area contributed by atoms with Crippen LogP contribution in [0.3, 0.4) is 0 Å². The van der Waals surface area contributed by atoms with Gasteiger partial charge in [-0.3, -0.25) is 14.5 Å². The monoisotopic (exact) mass is 309 g/mol. The number of hydrogen-bond donors (Lipinski definition) is 0. The Kier molecular flexibility index (Phi) is 6.24. The molecule has 1 saturated carbocycles. The van der Waals surface area contributed by atoms with Crippen LogP contribution in [0.1, 0.15) is 52.4 Å². The Balaban J connectivity index is 1.90. The highest BCUT2D eigenvalue weighted by atomic mass is 16.2. The van der Waals surface area contributed by atoms with Crippen LogP contribution in [0.5, 0.6) is 0 Å². The molecule has 0 aromatic rings. The molecular formula is C17H31N3O2. The average molecular weight is 309 g/mol. The number of carbonyl (C=O) groups excluding carboxylic acids is 2. The smallest absolute Gasteiger partial charge is 0.239 e. The highest BCUT2D eigenvalue weighted by Crippen LogP contribution is 2.22. The maximum absolute atomic E-state index is 12.8. The summed E-state index contributed by atoms with van der Waals surface area (Å²) in [7, 11) is 1.97. The molecule has 1 aliphatic carbocycles. The summed E-state index contributed by atoms with van der Waals surface area (Å²) in [5.41, 5.74) is 0. The molecule has 1 atom stereocenters. The van der Waals surface area contributed by atoms with Crippen molar-refractivity contribution in [3.63, 3.8) is 0 Å². The van der Waals surface area contributed by atoms with Crippen molar-refractivity contribution in [2.24, 2.45) is 0 Å². The highest BCUT2D eigenvalue weighted by molar-refractivity contribution is 5.81. The second-order valence-electron chi connectivity index (χ2n) is 6.81. The molecule has 22 heavy (non-hydrogen) atoms. The summed E-state index contributed by atoms with van der Waals surface area (Å²) in [6.07, 6.45) is 7.04. The Hall–Kier alpha value is -1.10. The highest BCUT2D eigenvalue weighted by Gasteiger charge is 2.30. The summed E-state index contributed by atoms with van der Waals surface area (Å²) < 4.78 is 0. The maximum atomic E-state index is 12.8. The van der Waals surface area contributed by atoms with Crippen molar-refractivity contribution in [2.75, 3.05) is 33.2 Å². The summed E-state index contributed by atoms with van der Waals surface area (Å²) in [5, 5.41) is 0. The molecule has 2 aliphatic rings. The van der Waals surface area contributed by atoms with Gasteiger partial charge in [-0.1, -0.05) is 19.3 Å². The average Bonchev–Trinajstić information content (AvgIpc) is 2.79. The van der Waals surface area contributed by atoms with Crippen molar-refractivity contribution >= 4 is 11.8 Å². The van der Waals surface area contributed by atoms with Crippen LogP contribution in [-0.4, -0.2) is 71.8 Å². The van der Waals surface area contributed by atoms with Crippen LogP contribution in [0.15, 0.2) is 0 Å². The first-order valence-electron chi connectivity index (χ1n) is 8.77. The summed E-state index contributed by atoms with van der Waals surface area (Å²) in [6.45, 7) is 6.89. The van der Waals surface area contributed by atoms with Crippen molar-refractivity contribution in [3.8, 4) is 0 Å². The molecule has 1 unspecified atom stereocenters. The first-order valence-corrected chi connectivity index (χ1v) is 8.77. The van der Waals surface area contributed by atoms with Crippen molar-refractivity contribution in [3.05, 3.63) is 0 Å². The second kappa shape index (κ2) is 7.95. The summed E-state index contributed by atoms with van der Waals surface area (Å²) in [4.78, 5) is 30.4. The van der Waals surface area contributed by atoms with Crippen LogP contribution in [0.2, 0.25) is 0 Å². The largest absolute Gasteiger partial charge is 0.342 e. The number of hydrogen-bond acceptors (Lipinski definition) is 3. The van der Waals surface area contributed by atoms with Gasteiger partial charge in [0.25, 0.3) is 0 Å². The third-order valence-electron chi connectivity index (χ3n) is 5.35. The molecule has 2 fully saturated rings. The normalized spacial score (nSPS) is 23.0. The molecular weight excluding hydrogens is 278 g/mol. The predicted octanol–water partition coefficient (Wildman–Crippen LogP) is 1.72. The zero-order chi connectivity index (χ0) is 16.1. The lowest BCUT2D eigenvalue weighted by atomic mass is 9.94. The van der Waals surface area contributed by atoms with E-state index in [1.165, 1.54) is 19.3 Å². The second-order valence-corrected chi connectivity index (χ2v) is 6.81. The number of likely N-dealkylation sites (N-methyl/N-ethyl adjacent to an activating group) is 1. The standard InChI is InChI=1S/C17H31N3O2/c1-14(17(22)18(3)16-8-5-4-6-9-16)19-10-7-11-20(13-12-19)15(2)21/h14,16H,4-13H2,1-3H3. The Bertz CT molecular complexity index is 393. The lowest BCUT2D eigenvalue weighted by Crippen LogP contribution is -2.50. The molecule has 1 aliphatic heterocycles. The number of nitrogens with zero attached hydrogens (tertiary/aromatic N) is 3. The van der Waals surface area contributed by atoms with Crippen LogP contribution >= 0.6 is 0 Å². The lowest BCUT2D eigenvalue weighted by Gasteiger charge is -2.36. The zero-order valence-electron chi connectivity index (χ0n) is 14.4. The van der Waals surface area contributed by atoms with E-state index in [0.29, 0.717) is 6.04 Å². The molecule has 0 aromatic heterocycles. The van der Waals surface area contributed by atoms with Gasteiger partial charge in [0.05, 0.1) is 6.04 Å². The van der Waals surface area contributed by atoms with Crippen LogP contribution in [0.25, 0.3) is 0 Å². The van der Waals surface area contributed by atoms with E-state index in [1.54, 1.807) is 6.92 Å². The van der Waals surface area contributed by atoms with E-state index in [2.05, 4.69) is 4.90 Å². The van der Waals surface area contributed by atoms with Crippen LogP contribution in [0.4, 0.5) is 0 Å². The van der Waals surface area contributed by atoms with E-state index in [1.807, 2.05) is 23.8 Å². The van der Waals surface area contributed by atoms with E-state index in [4.69, 9.17) is 0 Å². The van der Waals surface area contributed by atoms with Crippen molar-refractivity contribution < 1.29 is 9.59 Å². The molecule has 0 N–H and O–H groups in total. The van der Waals surface area contributed by atoms with Crippen molar-refractivity contribution in [2.45, 2.75) is 64.5 Å². The fraction of sp³-hybridized carbons (Fsp3) is 0.882. The minimum atomic E-state index is -0.0844. The molecule has 0 aromatic carbocycles.